The van der Waals surface area contributed by atoms with Crippen molar-refractivity contribution in [2.75, 3.05) is 0 Å². The van der Waals surface area contributed by atoms with Crippen LogP contribution < -0.4 is 5.48 Å². The van der Waals surface area contributed by atoms with Crippen molar-refractivity contribution in [3.05, 3.63) is 12.8 Å². The van der Waals surface area contributed by atoms with Crippen LogP contribution in [0.5, 0.6) is 0 Å². The SMILES string of the molecule is C=CNOC(C)CCC. The van der Waals surface area contributed by atoms with E-state index in [1.807, 2.05) is 6.92 Å². The summed E-state index contributed by atoms with van der Waals surface area (Å²) in [4.78, 5) is 5.06. The molecule has 0 heterocycles. The van der Waals surface area contributed by atoms with Crippen LogP contribution in [-0.2, 0) is 4.84 Å². The predicted octanol–water partition coefficient (Wildman–Crippen LogP) is 1.84. The molecule has 0 aromatic carbocycles. The molecular weight excluding hydrogens is 114 g/mol. The Bertz CT molecular complexity index is 73.3. The molecule has 0 saturated heterocycles. The highest BCUT2D eigenvalue weighted by atomic mass is 16.7. The minimum atomic E-state index is 0.285. The Labute approximate surface area is 56.9 Å². The molecule has 0 aliphatic carbocycles. The first-order valence-corrected chi connectivity index (χ1v) is 3.33. The first-order valence-electron chi connectivity index (χ1n) is 3.33. The van der Waals surface area contributed by atoms with Gasteiger partial charge in [-0.25, -0.2) is 0 Å². The third-order valence-electron chi connectivity index (χ3n) is 1.05. The Kier molecular flexibility index (Phi) is 5.32. The van der Waals surface area contributed by atoms with E-state index in [2.05, 4.69) is 19.0 Å². The van der Waals surface area contributed by atoms with E-state index < -0.39 is 0 Å². The van der Waals surface area contributed by atoms with Crippen molar-refractivity contribution in [1.82, 2.24) is 5.48 Å². The molecule has 0 aliphatic heterocycles. The first-order chi connectivity index (χ1) is 4.31. The highest BCUT2D eigenvalue weighted by Crippen LogP contribution is 1.97. The van der Waals surface area contributed by atoms with E-state index in [1.54, 1.807) is 0 Å². The lowest BCUT2D eigenvalue weighted by atomic mass is 10.2. The molecule has 0 amide bonds. The van der Waals surface area contributed by atoms with Gasteiger partial charge in [-0.1, -0.05) is 19.9 Å². The Balaban J connectivity index is 3.04. The maximum atomic E-state index is 5.06. The van der Waals surface area contributed by atoms with E-state index >= 15 is 0 Å². The third-order valence-corrected chi connectivity index (χ3v) is 1.05. The zero-order valence-electron chi connectivity index (χ0n) is 6.18. The molecule has 2 nitrogen and oxygen atoms in total. The molecule has 54 valence electrons. The van der Waals surface area contributed by atoms with E-state index in [4.69, 9.17) is 4.84 Å². The van der Waals surface area contributed by atoms with Crippen LogP contribution >= 0.6 is 0 Å². The van der Waals surface area contributed by atoms with Crippen molar-refractivity contribution >= 4 is 0 Å². The van der Waals surface area contributed by atoms with Gasteiger partial charge in [0, 0.05) is 6.20 Å². The van der Waals surface area contributed by atoms with Crippen molar-refractivity contribution in [3.63, 3.8) is 0 Å². The standard InChI is InChI=1S/C7H15NO/c1-4-6-7(3)9-8-5-2/h5,7-8H,2,4,6H2,1,3H3. The van der Waals surface area contributed by atoms with Gasteiger partial charge in [0.1, 0.15) is 0 Å². The van der Waals surface area contributed by atoms with Gasteiger partial charge in [0.15, 0.2) is 0 Å². The number of hydrogen-bond donors (Lipinski definition) is 1. The van der Waals surface area contributed by atoms with E-state index in [-0.39, 0.29) is 6.10 Å². The minimum Gasteiger partial charge on any atom is -0.275 e. The molecule has 1 atom stereocenters. The summed E-state index contributed by atoms with van der Waals surface area (Å²) in [5.41, 5.74) is 2.60. The normalized spacial score (nSPS) is 12.7. The van der Waals surface area contributed by atoms with Crippen LogP contribution in [0, 0.1) is 0 Å². The van der Waals surface area contributed by atoms with Crippen LogP contribution in [0.1, 0.15) is 26.7 Å². The summed E-state index contributed by atoms with van der Waals surface area (Å²) in [6.45, 7) is 7.62. The monoisotopic (exact) mass is 129 g/mol. The second-order valence-corrected chi connectivity index (χ2v) is 2.04. The second-order valence-electron chi connectivity index (χ2n) is 2.04. The average Bonchev–Trinajstić information content (AvgIpc) is 1.85. The lowest BCUT2D eigenvalue weighted by Crippen LogP contribution is -2.15. The molecule has 1 N–H and O–H groups in total. The van der Waals surface area contributed by atoms with Crippen LogP contribution in [0.3, 0.4) is 0 Å². The minimum absolute atomic E-state index is 0.285. The van der Waals surface area contributed by atoms with Gasteiger partial charge in [0.2, 0.25) is 0 Å². The molecule has 0 saturated carbocycles. The van der Waals surface area contributed by atoms with E-state index in [1.165, 1.54) is 6.20 Å². The zero-order valence-corrected chi connectivity index (χ0v) is 6.18. The maximum absolute atomic E-state index is 5.06. The summed E-state index contributed by atoms with van der Waals surface area (Å²) >= 11 is 0. The van der Waals surface area contributed by atoms with Crippen LogP contribution in [0.2, 0.25) is 0 Å². The zero-order chi connectivity index (χ0) is 7.11. The Hall–Kier alpha value is -0.500. The fourth-order valence-corrected chi connectivity index (χ4v) is 0.630. The van der Waals surface area contributed by atoms with Crippen LogP contribution in [-0.4, -0.2) is 6.10 Å². The smallest absolute Gasteiger partial charge is 0.0825 e. The topological polar surface area (TPSA) is 21.3 Å². The molecular formula is C7H15NO. The van der Waals surface area contributed by atoms with Gasteiger partial charge in [-0.3, -0.25) is 10.3 Å². The average molecular weight is 129 g/mol. The fourth-order valence-electron chi connectivity index (χ4n) is 0.630. The molecule has 2 heteroatoms. The summed E-state index contributed by atoms with van der Waals surface area (Å²) in [7, 11) is 0. The van der Waals surface area contributed by atoms with Gasteiger partial charge in [-0.2, -0.15) is 0 Å². The summed E-state index contributed by atoms with van der Waals surface area (Å²) in [5, 5.41) is 0. The summed E-state index contributed by atoms with van der Waals surface area (Å²) in [6.07, 6.45) is 4.06. The van der Waals surface area contributed by atoms with Gasteiger partial charge in [-0.05, 0) is 13.3 Å². The number of hydroxylamine groups is 1. The molecule has 0 aromatic rings. The van der Waals surface area contributed by atoms with Crippen LogP contribution in [0.15, 0.2) is 12.8 Å². The van der Waals surface area contributed by atoms with Crippen molar-refractivity contribution in [3.8, 4) is 0 Å². The van der Waals surface area contributed by atoms with Crippen molar-refractivity contribution in [1.29, 1.82) is 0 Å². The quantitative estimate of drug-likeness (QED) is 0.572. The van der Waals surface area contributed by atoms with Crippen LogP contribution in [0.4, 0.5) is 0 Å². The third kappa shape index (κ3) is 5.37. The molecule has 0 spiro atoms. The van der Waals surface area contributed by atoms with Gasteiger partial charge in [0.05, 0.1) is 6.10 Å². The van der Waals surface area contributed by atoms with E-state index in [9.17, 15) is 0 Å². The molecule has 9 heavy (non-hydrogen) atoms. The number of rotatable bonds is 5. The Morgan fingerprint density at radius 2 is 2.44 bits per heavy atom. The fraction of sp³-hybridized carbons (Fsp3) is 0.714. The van der Waals surface area contributed by atoms with E-state index in [0.717, 1.165) is 12.8 Å². The Morgan fingerprint density at radius 3 is 2.89 bits per heavy atom. The highest BCUT2D eigenvalue weighted by Gasteiger charge is 1.96. The lowest BCUT2D eigenvalue weighted by molar-refractivity contribution is 0.00542. The molecule has 0 aliphatic rings. The van der Waals surface area contributed by atoms with Gasteiger partial charge < -0.3 is 0 Å². The van der Waals surface area contributed by atoms with Gasteiger partial charge >= 0.3 is 0 Å². The molecule has 0 rings (SSSR count). The predicted molar refractivity (Wildman–Crippen MR) is 38.8 cm³/mol. The molecule has 1 unspecified atom stereocenters. The summed E-state index contributed by atoms with van der Waals surface area (Å²) in [5.74, 6) is 0. The van der Waals surface area contributed by atoms with Crippen molar-refractivity contribution < 1.29 is 4.84 Å². The number of hydrogen-bond acceptors (Lipinski definition) is 2. The molecule has 0 radical (unpaired) electrons. The Morgan fingerprint density at radius 1 is 1.78 bits per heavy atom. The second kappa shape index (κ2) is 5.63. The van der Waals surface area contributed by atoms with Crippen molar-refractivity contribution in [2.24, 2.45) is 0 Å². The molecule has 0 aromatic heterocycles. The number of nitrogens with one attached hydrogen (secondary N) is 1. The lowest BCUT2D eigenvalue weighted by Gasteiger charge is -2.09. The summed E-state index contributed by atoms with van der Waals surface area (Å²) in [6, 6.07) is 0. The largest absolute Gasteiger partial charge is 0.275 e. The first kappa shape index (κ1) is 8.50. The van der Waals surface area contributed by atoms with Gasteiger partial charge in [-0.15, -0.1) is 0 Å². The molecule has 0 fully saturated rings. The maximum Gasteiger partial charge on any atom is 0.0825 e. The van der Waals surface area contributed by atoms with Crippen LogP contribution in [0.25, 0.3) is 0 Å². The molecule has 0 bridgehead atoms. The van der Waals surface area contributed by atoms with Crippen molar-refractivity contribution in [2.45, 2.75) is 32.8 Å². The highest BCUT2D eigenvalue weighted by molar-refractivity contribution is 4.55. The summed E-state index contributed by atoms with van der Waals surface area (Å²) < 4.78 is 0. The van der Waals surface area contributed by atoms with Gasteiger partial charge in [0.25, 0.3) is 0 Å². The van der Waals surface area contributed by atoms with E-state index in [0.29, 0.717) is 0 Å².